The van der Waals surface area contributed by atoms with E-state index in [4.69, 9.17) is 10.7 Å². The Bertz CT molecular complexity index is 567. The zero-order valence-electron chi connectivity index (χ0n) is 11.6. The molecule has 0 atom stereocenters. The lowest BCUT2D eigenvalue weighted by Gasteiger charge is -2.22. The second kappa shape index (κ2) is 5.19. The Morgan fingerprint density at radius 2 is 2.11 bits per heavy atom. The summed E-state index contributed by atoms with van der Waals surface area (Å²) in [5, 5.41) is 0. The molecule has 0 radical (unpaired) electrons. The second-order valence-corrected chi connectivity index (χ2v) is 5.57. The molecule has 4 nitrogen and oxygen atoms in total. The second-order valence-electron chi connectivity index (χ2n) is 5.57. The minimum absolute atomic E-state index is 0.607. The van der Waals surface area contributed by atoms with Crippen molar-refractivity contribution in [3.05, 3.63) is 18.1 Å². The first-order valence-electron chi connectivity index (χ1n) is 7.41. The average Bonchev–Trinajstić information content (AvgIpc) is 2.78. The van der Waals surface area contributed by atoms with Gasteiger partial charge in [-0.1, -0.05) is 26.2 Å². The van der Waals surface area contributed by atoms with E-state index in [1.165, 1.54) is 37.9 Å². The van der Waals surface area contributed by atoms with Crippen molar-refractivity contribution >= 4 is 16.9 Å². The fourth-order valence-electron chi connectivity index (χ4n) is 3.16. The Kier molecular flexibility index (Phi) is 3.40. The van der Waals surface area contributed by atoms with Gasteiger partial charge in [0.25, 0.3) is 0 Å². The van der Waals surface area contributed by atoms with Crippen molar-refractivity contribution in [3.8, 4) is 0 Å². The minimum Gasteiger partial charge on any atom is -0.397 e. The standard InChI is InChI=1S/C15H22N4/c1-2-8-19-14(11-6-4-3-5-7-11)18-13-9-12(16)10-17-15(13)19/h9-11H,2-8,16H2,1H3. The Morgan fingerprint density at radius 1 is 1.32 bits per heavy atom. The van der Waals surface area contributed by atoms with E-state index in [1.54, 1.807) is 6.20 Å². The smallest absolute Gasteiger partial charge is 0.160 e. The van der Waals surface area contributed by atoms with Crippen LogP contribution >= 0.6 is 0 Å². The molecular formula is C15H22N4. The van der Waals surface area contributed by atoms with E-state index in [-0.39, 0.29) is 0 Å². The number of anilines is 1. The highest BCUT2D eigenvalue weighted by Gasteiger charge is 2.22. The van der Waals surface area contributed by atoms with Crippen LogP contribution in [0.25, 0.3) is 11.2 Å². The number of pyridine rings is 1. The highest BCUT2D eigenvalue weighted by atomic mass is 15.1. The van der Waals surface area contributed by atoms with Crippen LogP contribution in [-0.4, -0.2) is 14.5 Å². The van der Waals surface area contributed by atoms with Crippen LogP contribution < -0.4 is 5.73 Å². The number of hydrogen-bond donors (Lipinski definition) is 1. The highest BCUT2D eigenvalue weighted by molar-refractivity contribution is 5.75. The zero-order valence-corrected chi connectivity index (χ0v) is 11.6. The number of nitrogens with zero attached hydrogens (tertiary/aromatic N) is 3. The quantitative estimate of drug-likeness (QED) is 0.917. The van der Waals surface area contributed by atoms with E-state index in [0.717, 1.165) is 24.1 Å². The van der Waals surface area contributed by atoms with Gasteiger partial charge in [-0.25, -0.2) is 9.97 Å². The molecule has 2 aromatic rings. The van der Waals surface area contributed by atoms with Crippen LogP contribution in [0.15, 0.2) is 12.3 Å². The predicted octanol–water partition coefficient (Wildman–Crippen LogP) is 3.47. The number of aromatic nitrogens is 3. The molecule has 3 rings (SSSR count). The van der Waals surface area contributed by atoms with Crippen molar-refractivity contribution in [1.29, 1.82) is 0 Å². The molecule has 1 aliphatic carbocycles. The largest absolute Gasteiger partial charge is 0.397 e. The first kappa shape index (κ1) is 12.5. The summed E-state index contributed by atoms with van der Waals surface area (Å²) >= 11 is 0. The summed E-state index contributed by atoms with van der Waals surface area (Å²) in [5.74, 6) is 1.84. The van der Waals surface area contributed by atoms with Gasteiger partial charge >= 0.3 is 0 Å². The lowest BCUT2D eigenvalue weighted by atomic mass is 9.88. The molecule has 0 unspecified atom stereocenters. The molecule has 1 aliphatic rings. The molecule has 19 heavy (non-hydrogen) atoms. The SMILES string of the molecule is CCCn1c(C2CCCCC2)nc2cc(N)cnc21. The van der Waals surface area contributed by atoms with Crippen LogP contribution in [0.1, 0.15) is 57.2 Å². The number of rotatable bonds is 3. The third kappa shape index (κ3) is 2.31. The average molecular weight is 258 g/mol. The van der Waals surface area contributed by atoms with Crippen molar-refractivity contribution in [2.45, 2.75) is 57.9 Å². The van der Waals surface area contributed by atoms with E-state index in [1.807, 2.05) is 6.07 Å². The van der Waals surface area contributed by atoms with Gasteiger partial charge in [-0.2, -0.15) is 0 Å². The molecule has 4 heteroatoms. The van der Waals surface area contributed by atoms with Crippen LogP contribution in [0.5, 0.6) is 0 Å². The Balaban J connectivity index is 2.08. The van der Waals surface area contributed by atoms with Crippen molar-refractivity contribution in [2.24, 2.45) is 0 Å². The highest BCUT2D eigenvalue weighted by Crippen LogP contribution is 2.33. The molecule has 2 heterocycles. The number of imidazole rings is 1. The van der Waals surface area contributed by atoms with Crippen LogP contribution in [0.2, 0.25) is 0 Å². The molecule has 0 saturated heterocycles. The molecule has 0 spiro atoms. The van der Waals surface area contributed by atoms with Gasteiger partial charge in [0.2, 0.25) is 0 Å². The van der Waals surface area contributed by atoms with Gasteiger partial charge in [0.1, 0.15) is 11.3 Å². The van der Waals surface area contributed by atoms with E-state index in [0.29, 0.717) is 11.6 Å². The van der Waals surface area contributed by atoms with Crippen LogP contribution in [0.3, 0.4) is 0 Å². The van der Waals surface area contributed by atoms with Gasteiger partial charge in [0, 0.05) is 12.5 Å². The summed E-state index contributed by atoms with van der Waals surface area (Å²) in [6, 6.07) is 1.95. The number of nitrogen functional groups attached to an aromatic ring is 1. The van der Waals surface area contributed by atoms with E-state index >= 15 is 0 Å². The van der Waals surface area contributed by atoms with E-state index < -0.39 is 0 Å². The summed E-state index contributed by atoms with van der Waals surface area (Å²) in [6.45, 7) is 3.20. The fourth-order valence-corrected chi connectivity index (χ4v) is 3.16. The van der Waals surface area contributed by atoms with Crippen LogP contribution in [0.4, 0.5) is 5.69 Å². The molecule has 1 fully saturated rings. The summed E-state index contributed by atoms with van der Waals surface area (Å²) in [7, 11) is 0. The molecule has 0 amide bonds. The lowest BCUT2D eigenvalue weighted by molar-refractivity contribution is 0.416. The summed E-state index contributed by atoms with van der Waals surface area (Å²) in [4.78, 5) is 9.33. The van der Waals surface area contributed by atoms with Gasteiger partial charge in [-0.3, -0.25) is 0 Å². The molecule has 2 N–H and O–H groups in total. The summed E-state index contributed by atoms with van der Waals surface area (Å²) in [5.41, 5.74) is 8.47. The van der Waals surface area contributed by atoms with Crippen molar-refractivity contribution in [1.82, 2.24) is 14.5 Å². The Labute approximate surface area is 114 Å². The first-order valence-corrected chi connectivity index (χ1v) is 7.41. The monoisotopic (exact) mass is 258 g/mol. The fraction of sp³-hybridized carbons (Fsp3) is 0.600. The number of fused-ring (bicyclic) bond motifs is 1. The van der Waals surface area contributed by atoms with Gasteiger partial charge in [-0.15, -0.1) is 0 Å². The van der Waals surface area contributed by atoms with Crippen LogP contribution in [0, 0.1) is 0 Å². The number of aryl methyl sites for hydroxylation is 1. The minimum atomic E-state index is 0.607. The van der Waals surface area contributed by atoms with Gasteiger partial charge < -0.3 is 10.3 Å². The number of hydrogen-bond acceptors (Lipinski definition) is 3. The normalized spacial score (nSPS) is 17.1. The predicted molar refractivity (Wildman–Crippen MR) is 78.1 cm³/mol. The lowest BCUT2D eigenvalue weighted by Crippen LogP contribution is -2.12. The van der Waals surface area contributed by atoms with E-state index in [9.17, 15) is 0 Å². The van der Waals surface area contributed by atoms with Crippen molar-refractivity contribution in [2.75, 3.05) is 5.73 Å². The zero-order chi connectivity index (χ0) is 13.2. The summed E-state index contributed by atoms with van der Waals surface area (Å²) < 4.78 is 2.31. The number of nitrogens with two attached hydrogens (primary N) is 1. The topological polar surface area (TPSA) is 56.7 Å². The molecule has 102 valence electrons. The van der Waals surface area contributed by atoms with Crippen molar-refractivity contribution < 1.29 is 0 Å². The van der Waals surface area contributed by atoms with Crippen LogP contribution in [-0.2, 0) is 6.54 Å². The Hall–Kier alpha value is -1.58. The molecule has 2 aromatic heterocycles. The molecule has 1 saturated carbocycles. The third-order valence-corrected chi connectivity index (χ3v) is 4.05. The van der Waals surface area contributed by atoms with E-state index in [2.05, 4.69) is 16.5 Å². The maximum absolute atomic E-state index is 5.82. The maximum Gasteiger partial charge on any atom is 0.160 e. The van der Waals surface area contributed by atoms with Gasteiger partial charge in [0.05, 0.1) is 11.9 Å². The van der Waals surface area contributed by atoms with Gasteiger partial charge in [-0.05, 0) is 25.3 Å². The third-order valence-electron chi connectivity index (χ3n) is 4.05. The summed E-state index contributed by atoms with van der Waals surface area (Å²) in [6.07, 6.45) is 9.41. The molecule has 0 bridgehead atoms. The molecule has 0 aromatic carbocycles. The molecular weight excluding hydrogens is 236 g/mol. The first-order chi connectivity index (χ1) is 9.29. The molecule has 0 aliphatic heterocycles. The maximum atomic E-state index is 5.82. The van der Waals surface area contributed by atoms with Gasteiger partial charge in [0.15, 0.2) is 5.65 Å². The Morgan fingerprint density at radius 3 is 2.84 bits per heavy atom. The van der Waals surface area contributed by atoms with Crippen molar-refractivity contribution in [3.63, 3.8) is 0 Å².